The molecule has 3 rings (SSSR count). The molecule has 1 aliphatic heterocycles. The SMILES string of the molecule is CC1CSCCN1c1nc(NN)nc2sccc12. The molecule has 5 nitrogen and oxygen atoms in total. The number of hydrazine groups is 1. The van der Waals surface area contributed by atoms with Gasteiger partial charge in [-0.25, -0.2) is 10.8 Å². The summed E-state index contributed by atoms with van der Waals surface area (Å²) in [4.78, 5) is 12.3. The highest BCUT2D eigenvalue weighted by atomic mass is 32.2. The van der Waals surface area contributed by atoms with Crippen molar-refractivity contribution in [3.63, 3.8) is 0 Å². The van der Waals surface area contributed by atoms with Crippen molar-refractivity contribution in [3.8, 4) is 0 Å². The first-order valence-electron chi connectivity index (χ1n) is 5.86. The Morgan fingerprint density at radius 2 is 2.39 bits per heavy atom. The number of rotatable bonds is 2. The molecule has 7 heteroatoms. The molecule has 3 heterocycles. The van der Waals surface area contributed by atoms with E-state index >= 15 is 0 Å². The first-order valence-corrected chi connectivity index (χ1v) is 7.89. The van der Waals surface area contributed by atoms with Crippen LogP contribution in [0.1, 0.15) is 6.92 Å². The van der Waals surface area contributed by atoms with Gasteiger partial charge in [0.25, 0.3) is 0 Å². The number of anilines is 2. The van der Waals surface area contributed by atoms with Crippen molar-refractivity contribution >= 4 is 45.1 Å². The number of nitrogens with one attached hydrogen (secondary N) is 1. The average molecular weight is 281 g/mol. The lowest BCUT2D eigenvalue weighted by molar-refractivity contribution is 0.692. The molecule has 18 heavy (non-hydrogen) atoms. The highest BCUT2D eigenvalue weighted by Gasteiger charge is 2.23. The molecule has 2 aromatic rings. The van der Waals surface area contributed by atoms with Gasteiger partial charge >= 0.3 is 0 Å². The van der Waals surface area contributed by atoms with E-state index < -0.39 is 0 Å². The van der Waals surface area contributed by atoms with Gasteiger partial charge in [-0.2, -0.15) is 16.7 Å². The molecule has 0 bridgehead atoms. The number of fused-ring (bicyclic) bond motifs is 1. The van der Waals surface area contributed by atoms with Gasteiger partial charge < -0.3 is 4.90 Å². The van der Waals surface area contributed by atoms with E-state index in [0.717, 1.165) is 34.1 Å². The van der Waals surface area contributed by atoms with Crippen LogP contribution in [-0.4, -0.2) is 34.1 Å². The number of thiophene rings is 1. The van der Waals surface area contributed by atoms with Crippen LogP contribution in [0.4, 0.5) is 11.8 Å². The van der Waals surface area contributed by atoms with Gasteiger partial charge in [-0.3, -0.25) is 5.43 Å². The Hall–Kier alpha value is -1.05. The average Bonchev–Trinajstić information content (AvgIpc) is 2.86. The third-order valence-corrected chi connectivity index (χ3v) is 5.07. The number of aromatic nitrogens is 2. The Kier molecular flexibility index (Phi) is 3.27. The molecule has 96 valence electrons. The molecule has 1 fully saturated rings. The largest absolute Gasteiger partial charge is 0.352 e. The molecular weight excluding hydrogens is 266 g/mol. The van der Waals surface area contributed by atoms with Gasteiger partial charge in [0, 0.05) is 24.1 Å². The molecule has 2 aromatic heterocycles. The Morgan fingerprint density at radius 1 is 1.50 bits per heavy atom. The minimum absolute atomic E-state index is 0.491. The van der Waals surface area contributed by atoms with E-state index in [1.807, 2.05) is 17.1 Å². The van der Waals surface area contributed by atoms with Crippen LogP contribution in [-0.2, 0) is 0 Å². The molecular formula is C11H15N5S2. The lowest BCUT2D eigenvalue weighted by atomic mass is 10.2. The lowest BCUT2D eigenvalue weighted by Gasteiger charge is -2.34. The van der Waals surface area contributed by atoms with Crippen molar-refractivity contribution in [1.29, 1.82) is 0 Å². The second kappa shape index (κ2) is 4.91. The summed E-state index contributed by atoms with van der Waals surface area (Å²) in [6.45, 7) is 3.26. The Morgan fingerprint density at radius 3 is 3.17 bits per heavy atom. The summed E-state index contributed by atoms with van der Waals surface area (Å²) in [5, 5.41) is 3.17. The first-order chi connectivity index (χ1) is 8.79. The van der Waals surface area contributed by atoms with Crippen molar-refractivity contribution in [1.82, 2.24) is 9.97 Å². The summed E-state index contributed by atoms with van der Waals surface area (Å²) >= 11 is 3.61. The van der Waals surface area contributed by atoms with Gasteiger partial charge in [0.05, 0.1) is 5.39 Å². The van der Waals surface area contributed by atoms with Crippen LogP contribution < -0.4 is 16.2 Å². The molecule has 0 spiro atoms. The predicted molar refractivity (Wildman–Crippen MR) is 79.4 cm³/mol. The fourth-order valence-corrected chi connectivity index (χ4v) is 3.94. The van der Waals surface area contributed by atoms with Crippen LogP contribution >= 0.6 is 23.1 Å². The van der Waals surface area contributed by atoms with Crippen molar-refractivity contribution in [2.75, 3.05) is 28.4 Å². The van der Waals surface area contributed by atoms with Crippen molar-refractivity contribution in [3.05, 3.63) is 11.4 Å². The number of hydrogen-bond donors (Lipinski definition) is 2. The Balaban J connectivity index is 2.10. The fourth-order valence-electron chi connectivity index (χ4n) is 2.17. The fraction of sp³-hybridized carbons (Fsp3) is 0.455. The van der Waals surface area contributed by atoms with Crippen LogP contribution in [0.5, 0.6) is 0 Å². The second-order valence-electron chi connectivity index (χ2n) is 4.27. The second-order valence-corrected chi connectivity index (χ2v) is 6.32. The van der Waals surface area contributed by atoms with E-state index in [2.05, 4.69) is 33.3 Å². The number of nitrogens with two attached hydrogens (primary N) is 1. The van der Waals surface area contributed by atoms with E-state index in [1.54, 1.807) is 11.3 Å². The Bertz CT molecular complexity index is 555. The predicted octanol–water partition coefficient (Wildman–Crippen LogP) is 1.92. The molecule has 0 saturated carbocycles. The minimum atomic E-state index is 0.491. The number of nitrogens with zero attached hydrogens (tertiary/aromatic N) is 3. The van der Waals surface area contributed by atoms with Crippen molar-refractivity contribution in [2.45, 2.75) is 13.0 Å². The third kappa shape index (κ3) is 2.02. The zero-order valence-electron chi connectivity index (χ0n) is 10.1. The van der Waals surface area contributed by atoms with E-state index in [1.165, 1.54) is 0 Å². The molecule has 1 aliphatic rings. The maximum absolute atomic E-state index is 5.45. The van der Waals surface area contributed by atoms with Crippen molar-refractivity contribution < 1.29 is 0 Å². The van der Waals surface area contributed by atoms with Crippen LogP contribution in [0.2, 0.25) is 0 Å². The van der Waals surface area contributed by atoms with Crippen LogP contribution in [0, 0.1) is 0 Å². The summed E-state index contributed by atoms with van der Waals surface area (Å²) in [6, 6.07) is 2.58. The minimum Gasteiger partial charge on any atom is -0.352 e. The number of hydrogen-bond acceptors (Lipinski definition) is 7. The smallest absolute Gasteiger partial charge is 0.240 e. The van der Waals surface area contributed by atoms with E-state index in [0.29, 0.717) is 12.0 Å². The monoisotopic (exact) mass is 281 g/mol. The standard InChI is InChI=1S/C11H15N5S2/c1-7-6-17-5-3-16(7)9-8-2-4-18-10(8)14-11(13-9)15-12/h2,4,7H,3,5-6,12H2,1H3,(H,13,14,15). The zero-order valence-corrected chi connectivity index (χ0v) is 11.7. The molecule has 0 aliphatic carbocycles. The molecule has 0 radical (unpaired) electrons. The van der Waals surface area contributed by atoms with E-state index in [9.17, 15) is 0 Å². The van der Waals surface area contributed by atoms with Crippen molar-refractivity contribution in [2.24, 2.45) is 5.84 Å². The number of nitrogen functional groups attached to an aromatic ring is 1. The van der Waals surface area contributed by atoms with E-state index in [4.69, 9.17) is 5.84 Å². The van der Waals surface area contributed by atoms with Crippen LogP contribution in [0.25, 0.3) is 10.2 Å². The van der Waals surface area contributed by atoms with Gasteiger partial charge in [-0.05, 0) is 18.4 Å². The van der Waals surface area contributed by atoms with Crippen LogP contribution in [0.15, 0.2) is 11.4 Å². The molecule has 1 saturated heterocycles. The molecule has 3 N–H and O–H groups in total. The quantitative estimate of drug-likeness (QED) is 0.647. The molecule has 1 atom stereocenters. The summed E-state index contributed by atoms with van der Waals surface area (Å²) in [5.41, 5.74) is 2.56. The molecule has 1 unspecified atom stereocenters. The maximum Gasteiger partial charge on any atom is 0.240 e. The summed E-state index contributed by atoms with van der Waals surface area (Å²) in [6.07, 6.45) is 0. The van der Waals surface area contributed by atoms with Gasteiger partial charge in [0.15, 0.2) is 0 Å². The topological polar surface area (TPSA) is 67.1 Å². The molecule has 0 aromatic carbocycles. The normalized spacial score (nSPS) is 20.3. The lowest BCUT2D eigenvalue weighted by Crippen LogP contribution is -2.41. The Labute approximate surface area is 114 Å². The summed E-state index contributed by atoms with van der Waals surface area (Å²) < 4.78 is 0. The highest BCUT2D eigenvalue weighted by Crippen LogP contribution is 2.32. The van der Waals surface area contributed by atoms with Gasteiger partial charge in [0.1, 0.15) is 10.6 Å². The first kappa shape index (κ1) is 12.0. The number of thioether (sulfide) groups is 1. The van der Waals surface area contributed by atoms with Gasteiger partial charge in [-0.1, -0.05) is 0 Å². The highest BCUT2D eigenvalue weighted by molar-refractivity contribution is 7.99. The summed E-state index contributed by atoms with van der Waals surface area (Å²) in [7, 11) is 0. The van der Waals surface area contributed by atoms with Crippen LogP contribution in [0.3, 0.4) is 0 Å². The maximum atomic E-state index is 5.45. The van der Waals surface area contributed by atoms with Gasteiger partial charge in [-0.15, -0.1) is 11.3 Å². The third-order valence-electron chi connectivity index (χ3n) is 3.07. The zero-order chi connectivity index (χ0) is 12.5. The van der Waals surface area contributed by atoms with Gasteiger partial charge in [0.2, 0.25) is 5.95 Å². The summed E-state index contributed by atoms with van der Waals surface area (Å²) in [5.74, 6) is 9.23. The van der Waals surface area contributed by atoms with E-state index in [-0.39, 0.29) is 0 Å². The molecule has 0 amide bonds.